The highest BCUT2D eigenvalue weighted by atomic mass is 16.7. The number of carbonyl (C=O) groups is 3. The maximum absolute atomic E-state index is 12.0. The summed E-state index contributed by atoms with van der Waals surface area (Å²) in [5.74, 6) is -1.37. The highest BCUT2D eigenvalue weighted by molar-refractivity contribution is 5.89. The van der Waals surface area contributed by atoms with E-state index in [1.54, 1.807) is 0 Å². The standard InChI is InChI=1S/C15H19NO9/c1-16-13(18)24-12-10-7(8(5-22-12)11(17)20-2)4-9-15(10,25-9)6-23-14(19)21-3/h5,7,9-10,12H,4,6H2,1-3H3,(H,16,18)/t7-,9+,10+,12+,15-/m1/s1. The van der Waals surface area contributed by atoms with E-state index in [1.165, 1.54) is 27.5 Å². The molecule has 10 nitrogen and oxygen atoms in total. The second-order valence-electron chi connectivity index (χ2n) is 5.90. The molecule has 2 heterocycles. The maximum atomic E-state index is 12.0. The summed E-state index contributed by atoms with van der Waals surface area (Å²) >= 11 is 0. The molecule has 1 aliphatic carbocycles. The van der Waals surface area contributed by atoms with E-state index in [1.807, 2.05) is 0 Å². The molecule has 0 bridgehead atoms. The molecule has 3 rings (SSSR count). The van der Waals surface area contributed by atoms with Crippen LogP contribution in [0, 0.1) is 11.8 Å². The van der Waals surface area contributed by atoms with Crippen molar-refractivity contribution in [3.05, 3.63) is 11.8 Å². The smallest absolute Gasteiger partial charge is 0.466 e. The summed E-state index contributed by atoms with van der Waals surface area (Å²) in [5, 5.41) is 2.34. The summed E-state index contributed by atoms with van der Waals surface area (Å²) < 4.78 is 30.7. The highest BCUT2D eigenvalue weighted by Gasteiger charge is 2.74. The zero-order valence-electron chi connectivity index (χ0n) is 14.0. The quantitative estimate of drug-likeness (QED) is 0.430. The lowest BCUT2D eigenvalue weighted by Crippen LogP contribution is -2.47. The number of hydrogen-bond donors (Lipinski definition) is 1. The van der Waals surface area contributed by atoms with E-state index in [4.69, 9.17) is 23.7 Å². The Morgan fingerprint density at radius 2 is 2.08 bits per heavy atom. The molecular weight excluding hydrogens is 338 g/mol. The predicted octanol–water partition coefficient (Wildman–Crippen LogP) is 0.312. The third kappa shape index (κ3) is 2.86. The van der Waals surface area contributed by atoms with Crippen molar-refractivity contribution in [3.63, 3.8) is 0 Å². The number of epoxide rings is 1. The minimum atomic E-state index is -0.993. The van der Waals surface area contributed by atoms with Gasteiger partial charge in [-0.25, -0.2) is 14.4 Å². The minimum absolute atomic E-state index is 0.100. The monoisotopic (exact) mass is 357 g/mol. The first-order chi connectivity index (χ1) is 12.0. The third-order valence-corrected chi connectivity index (χ3v) is 4.77. The Balaban J connectivity index is 1.84. The molecule has 25 heavy (non-hydrogen) atoms. The lowest BCUT2D eigenvalue weighted by Gasteiger charge is -2.36. The number of fused-ring (bicyclic) bond motifs is 3. The first-order valence-corrected chi connectivity index (χ1v) is 7.67. The zero-order valence-corrected chi connectivity index (χ0v) is 14.0. The second-order valence-corrected chi connectivity index (χ2v) is 5.90. The van der Waals surface area contributed by atoms with E-state index < -0.39 is 36.0 Å². The minimum Gasteiger partial charge on any atom is -0.466 e. The lowest BCUT2D eigenvalue weighted by atomic mass is 9.81. The lowest BCUT2D eigenvalue weighted by molar-refractivity contribution is -0.154. The molecule has 2 aliphatic heterocycles. The van der Waals surface area contributed by atoms with Crippen molar-refractivity contribution < 1.29 is 42.8 Å². The van der Waals surface area contributed by atoms with Crippen LogP contribution >= 0.6 is 0 Å². The van der Waals surface area contributed by atoms with Crippen molar-refractivity contribution >= 4 is 18.2 Å². The summed E-state index contributed by atoms with van der Waals surface area (Å²) in [7, 11) is 3.88. The van der Waals surface area contributed by atoms with Gasteiger partial charge in [-0.2, -0.15) is 0 Å². The van der Waals surface area contributed by atoms with E-state index in [9.17, 15) is 14.4 Å². The van der Waals surface area contributed by atoms with Gasteiger partial charge < -0.3 is 33.7 Å². The Kier molecular flexibility index (Phi) is 4.46. The van der Waals surface area contributed by atoms with Gasteiger partial charge in [0.1, 0.15) is 12.2 Å². The molecule has 10 heteroatoms. The highest BCUT2D eigenvalue weighted by Crippen LogP contribution is 2.61. The van der Waals surface area contributed by atoms with Crippen LogP contribution in [-0.2, 0) is 33.2 Å². The summed E-state index contributed by atoms with van der Waals surface area (Å²) in [6.45, 7) is -0.100. The Bertz CT molecular complexity index is 618. The van der Waals surface area contributed by atoms with E-state index in [2.05, 4.69) is 10.1 Å². The van der Waals surface area contributed by atoms with Crippen molar-refractivity contribution in [2.24, 2.45) is 11.8 Å². The average Bonchev–Trinajstić information content (AvgIpc) is 3.23. The van der Waals surface area contributed by atoms with Gasteiger partial charge in [0, 0.05) is 13.0 Å². The molecule has 0 unspecified atom stereocenters. The van der Waals surface area contributed by atoms with Gasteiger partial charge in [0.2, 0.25) is 0 Å². The molecule has 1 saturated carbocycles. The SMILES string of the molecule is CNC(=O)O[C@@H]1OC=C(C(=O)OC)[C@H]2C[C@@H]3O[C@@]3(COC(=O)OC)[C@H]12. The van der Waals surface area contributed by atoms with Crippen LogP contribution in [0.1, 0.15) is 6.42 Å². The molecule has 1 saturated heterocycles. The number of methoxy groups -OCH3 is 2. The summed E-state index contributed by atoms with van der Waals surface area (Å²) in [5.41, 5.74) is -0.567. The van der Waals surface area contributed by atoms with Gasteiger partial charge in [0.25, 0.3) is 6.29 Å². The Morgan fingerprint density at radius 3 is 2.72 bits per heavy atom. The van der Waals surface area contributed by atoms with Crippen molar-refractivity contribution in [2.75, 3.05) is 27.9 Å². The van der Waals surface area contributed by atoms with Crippen molar-refractivity contribution in [2.45, 2.75) is 24.4 Å². The normalized spacial score (nSPS) is 34.4. The number of amides is 1. The van der Waals surface area contributed by atoms with Gasteiger partial charge in [-0.15, -0.1) is 0 Å². The molecule has 138 valence electrons. The molecule has 0 aromatic carbocycles. The van der Waals surface area contributed by atoms with Gasteiger partial charge in [-0.05, 0) is 6.42 Å². The number of esters is 1. The molecule has 3 aliphatic rings. The largest absolute Gasteiger partial charge is 0.508 e. The first-order valence-electron chi connectivity index (χ1n) is 7.67. The number of alkyl carbamates (subject to hydrolysis) is 1. The zero-order chi connectivity index (χ0) is 18.2. The van der Waals surface area contributed by atoms with Gasteiger partial charge in [-0.3, -0.25) is 0 Å². The topological polar surface area (TPSA) is 122 Å². The van der Waals surface area contributed by atoms with Crippen molar-refractivity contribution in [1.82, 2.24) is 5.32 Å². The van der Waals surface area contributed by atoms with Crippen molar-refractivity contribution in [3.8, 4) is 0 Å². The first kappa shape index (κ1) is 17.3. The van der Waals surface area contributed by atoms with Crippen molar-refractivity contribution in [1.29, 1.82) is 0 Å². The maximum Gasteiger partial charge on any atom is 0.508 e. The van der Waals surface area contributed by atoms with E-state index >= 15 is 0 Å². The molecule has 0 radical (unpaired) electrons. The molecule has 0 aromatic rings. The van der Waals surface area contributed by atoms with Gasteiger partial charge >= 0.3 is 18.2 Å². The second kappa shape index (κ2) is 6.43. The molecule has 0 aromatic heterocycles. The number of carbonyl (C=O) groups excluding carboxylic acids is 3. The molecule has 5 atom stereocenters. The van der Waals surface area contributed by atoms with Gasteiger partial charge in [-0.1, -0.05) is 0 Å². The molecule has 0 spiro atoms. The Labute approximate surface area is 143 Å². The summed E-state index contributed by atoms with van der Waals surface area (Å²) in [6, 6.07) is 0. The number of hydrogen-bond acceptors (Lipinski definition) is 9. The van der Waals surface area contributed by atoms with Crippen LogP contribution in [0.4, 0.5) is 9.59 Å². The fraction of sp³-hybridized carbons (Fsp3) is 0.667. The number of nitrogens with one attached hydrogen (secondary N) is 1. The van der Waals surface area contributed by atoms with Crippen LogP contribution in [0.3, 0.4) is 0 Å². The van der Waals surface area contributed by atoms with Crippen LogP contribution in [0.5, 0.6) is 0 Å². The Morgan fingerprint density at radius 1 is 1.32 bits per heavy atom. The molecular formula is C15H19NO9. The van der Waals surface area contributed by atoms with Gasteiger partial charge in [0.15, 0.2) is 0 Å². The molecule has 1 amide bonds. The summed E-state index contributed by atoms with van der Waals surface area (Å²) in [6.07, 6.45) is -1.04. The van der Waals surface area contributed by atoms with Crippen LogP contribution in [0.25, 0.3) is 0 Å². The Hall–Kier alpha value is -2.49. The molecule has 1 N–H and O–H groups in total. The fourth-order valence-electron chi connectivity index (χ4n) is 3.58. The average molecular weight is 357 g/mol. The predicted molar refractivity (Wildman–Crippen MR) is 78.1 cm³/mol. The summed E-state index contributed by atoms with van der Waals surface area (Å²) in [4.78, 5) is 34.9. The number of rotatable bonds is 4. The van der Waals surface area contributed by atoms with Crippen LogP contribution < -0.4 is 5.32 Å². The van der Waals surface area contributed by atoms with Crippen LogP contribution in [-0.4, -0.2) is 64.1 Å². The van der Waals surface area contributed by atoms with E-state index in [0.717, 1.165) is 0 Å². The fourth-order valence-corrected chi connectivity index (χ4v) is 3.58. The van der Waals surface area contributed by atoms with Crippen LogP contribution in [0.2, 0.25) is 0 Å². The third-order valence-electron chi connectivity index (χ3n) is 4.77. The molecule has 2 fully saturated rings. The van der Waals surface area contributed by atoms with E-state index in [-0.39, 0.29) is 18.6 Å². The number of ether oxygens (including phenoxy) is 6. The van der Waals surface area contributed by atoms with E-state index in [0.29, 0.717) is 12.0 Å². The van der Waals surface area contributed by atoms with Gasteiger partial charge in [0.05, 0.1) is 38.1 Å². The van der Waals surface area contributed by atoms with Crippen LogP contribution in [0.15, 0.2) is 11.8 Å².